The van der Waals surface area contributed by atoms with E-state index in [4.69, 9.17) is 0 Å². The van der Waals surface area contributed by atoms with Crippen LogP contribution >= 0.6 is 0 Å². The third-order valence-corrected chi connectivity index (χ3v) is 2.30. The Morgan fingerprint density at radius 3 is 2.29 bits per heavy atom. The van der Waals surface area contributed by atoms with Crippen LogP contribution in [0, 0.1) is 5.11 Å². The van der Waals surface area contributed by atoms with Crippen LogP contribution in [0.25, 0.3) is 16.8 Å². The van der Waals surface area contributed by atoms with Gasteiger partial charge in [0.25, 0.3) is 0 Å². The van der Waals surface area contributed by atoms with Crippen molar-refractivity contribution >= 4 is 37.8 Å². The van der Waals surface area contributed by atoms with Crippen molar-refractivity contribution < 1.29 is 0 Å². The first-order valence-corrected chi connectivity index (χ1v) is 4.62. The first kappa shape index (κ1) is 9.14. The molecule has 2 rings (SSSR count). The van der Waals surface area contributed by atoms with Gasteiger partial charge in [0.2, 0.25) is 0 Å². The fourth-order valence-corrected chi connectivity index (χ4v) is 1.59. The number of hydrogen-bond acceptors (Lipinski definition) is 0. The van der Waals surface area contributed by atoms with Crippen LogP contribution in [0.15, 0.2) is 36.4 Å². The summed E-state index contributed by atoms with van der Waals surface area (Å²) in [7, 11) is 7.70. The third kappa shape index (κ3) is 1.60. The van der Waals surface area contributed by atoms with Crippen molar-refractivity contribution in [3.63, 3.8) is 0 Å². The summed E-state index contributed by atoms with van der Waals surface area (Å²) < 4.78 is 0. The molecule has 14 heavy (non-hydrogen) atoms. The Balaban J connectivity index is 2.91. The Morgan fingerprint density at radius 2 is 1.64 bits per heavy atom. The van der Waals surface area contributed by atoms with Crippen molar-refractivity contribution in [2.45, 2.75) is 0 Å². The second-order valence-electron chi connectivity index (χ2n) is 3.30. The van der Waals surface area contributed by atoms with Gasteiger partial charge in [0.15, 0.2) is 0 Å². The van der Waals surface area contributed by atoms with Crippen molar-refractivity contribution in [1.29, 1.82) is 0 Å². The molecular weight excluding hydrogens is 166 g/mol. The second-order valence-corrected chi connectivity index (χ2v) is 3.30. The topological polar surface area (TPSA) is 0 Å². The van der Waals surface area contributed by atoms with Gasteiger partial charge in [0, 0.05) is 0 Å². The van der Waals surface area contributed by atoms with Crippen LogP contribution in [0.4, 0.5) is 0 Å². The average Bonchev–Trinajstić information content (AvgIpc) is 2.19. The maximum atomic E-state index is 4.01. The van der Waals surface area contributed by atoms with Crippen molar-refractivity contribution in [3.05, 3.63) is 46.7 Å². The Bertz CT molecular complexity index is 585. The van der Waals surface area contributed by atoms with Crippen molar-refractivity contribution in [2.24, 2.45) is 0 Å². The SMILES string of the molecule is B=C/C=c1/cc2ccccc2cc1=B. The fraction of sp³-hybridized carbons (Fsp3) is 0. The van der Waals surface area contributed by atoms with E-state index >= 15 is 0 Å². The van der Waals surface area contributed by atoms with E-state index in [0.717, 1.165) is 10.3 Å². The minimum absolute atomic E-state index is 1.05. The van der Waals surface area contributed by atoms with Gasteiger partial charge in [-0.15, -0.1) is 0 Å². The molecule has 0 spiro atoms. The predicted molar refractivity (Wildman–Crippen MR) is 67.2 cm³/mol. The van der Waals surface area contributed by atoms with E-state index in [1.165, 1.54) is 10.8 Å². The van der Waals surface area contributed by atoms with Gasteiger partial charge < -0.3 is 0 Å². The third-order valence-electron chi connectivity index (χ3n) is 2.30. The van der Waals surface area contributed by atoms with Gasteiger partial charge in [0.1, 0.15) is 0 Å². The Hall–Kier alpha value is -1.43. The molecule has 0 saturated heterocycles. The van der Waals surface area contributed by atoms with Crippen molar-refractivity contribution in [1.82, 2.24) is 0 Å². The monoisotopic (exact) mass is 176 g/mol. The van der Waals surface area contributed by atoms with Gasteiger partial charge >= 0.3 is 84.5 Å². The fourth-order valence-electron chi connectivity index (χ4n) is 1.59. The second kappa shape index (κ2) is 3.75. The summed E-state index contributed by atoms with van der Waals surface area (Å²) in [5.74, 6) is 1.79. The maximum absolute atomic E-state index is 4.01. The molecule has 0 saturated carbocycles. The molecule has 2 aromatic rings. The van der Waals surface area contributed by atoms with Gasteiger partial charge in [-0.25, -0.2) is 0 Å². The van der Waals surface area contributed by atoms with E-state index in [-0.39, 0.29) is 0 Å². The molecule has 2 aromatic carbocycles. The standard InChI is InChI=1S/C12H10B2/c13-6-5-11-7-9-3-1-2-4-10(9)8-12(11)14/h1-8,13-14H/b11-5-. The van der Waals surface area contributed by atoms with E-state index in [9.17, 15) is 0 Å². The summed E-state index contributed by atoms with van der Waals surface area (Å²) in [6.45, 7) is 0. The van der Waals surface area contributed by atoms with E-state index < -0.39 is 0 Å². The minimum atomic E-state index is 1.05. The molecule has 0 aliphatic rings. The molecule has 0 radical (unpaired) electrons. The van der Waals surface area contributed by atoms with Gasteiger partial charge in [-0.3, -0.25) is 0 Å². The average molecular weight is 176 g/mol. The quantitative estimate of drug-likeness (QED) is 0.554. The predicted octanol–water partition coefficient (Wildman–Crippen LogP) is 0.475. The summed E-state index contributed by atoms with van der Waals surface area (Å²) in [6, 6.07) is 12.5. The Kier molecular flexibility index (Phi) is 2.45. The molecule has 0 amide bonds. The molecule has 0 heterocycles. The molecule has 0 nitrogen and oxygen atoms in total. The van der Waals surface area contributed by atoms with E-state index in [0.29, 0.717) is 0 Å². The van der Waals surface area contributed by atoms with Gasteiger partial charge in [0.05, 0.1) is 0 Å². The van der Waals surface area contributed by atoms with E-state index in [1.54, 1.807) is 5.97 Å². The normalized spacial score (nSPS) is 11.7. The zero-order chi connectivity index (χ0) is 9.97. The molecule has 0 N–H and O–H groups in total. The first-order chi connectivity index (χ1) is 6.81. The van der Waals surface area contributed by atoms with Crippen LogP contribution in [0.2, 0.25) is 0 Å². The van der Waals surface area contributed by atoms with Crippen LogP contribution in [0.5, 0.6) is 0 Å². The number of hydrogen-bond donors (Lipinski definition) is 0. The zero-order valence-corrected chi connectivity index (χ0v) is 8.03. The van der Waals surface area contributed by atoms with Crippen LogP contribution in [0.3, 0.4) is 0 Å². The molecule has 0 aliphatic heterocycles. The molecular formula is C12H10B2. The molecule has 0 atom stereocenters. The van der Waals surface area contributed by atoms with Crippen LogP contribution < -0.4 is 5.22 Å². The van der Waals surface area contributed by atoms with Gasteiger partial charge in [-0.05, 0) is 0 Å². The number of rotatable bonds is 1. The molecule has 0 aromatic heterocycles. The summed E-state index contributed by atoms with van der Waals surface area (Å²) in [4.78, 5) is 0. The molecule has 0 fully saturated rings. The summed E-state index contributed by atoms with van der Waals surface area (Å²) in [5, 5.41) is 4.66. The van der Waals surface area contributed by atoms with Crippen LogP contribution in [0.1, 0.15) is 0 Å². The van der Waals surface area contributed by atoms with E-state index in [2.05, 4.69) is 39.2 Å². The molecule has 64 valence electrons. The number of benzene rings is 2. The molecule has 2 heteroatoms. The van der Waals surface area contributed by atoms with Crippen molar-refractivity contribution in [3.8, 4) is 0 Å². The van der Waals surface area contributed by atoms with Gasteiger partial charge in [-0.2, -0.15) is 0 Å². The van der Waals surface area contributed by atoms with E-state index in [1.807, 2.05) is 18.2 Å². The Labute approximate surface area is 85.0 Å². The van der Waals surface area contributed by atoms with Gasteiger partial charge in [-0.1, -0.05) is 0 Å². The number of fused-ring (bicyclic) bond motifs is 1. The molecule has 0 bridgehead atoms. The Morgan fingerprint density at radius 1 is 1.00 bits per heavy atom. The summed E-state index contributed by atoms with van der Waals surface area (Å²) >= 11 is 0. The molecule has 0 unspecified atom stereocenters. The van der Waals surface area contributed by atoms with Crippen LogP contribution in [-0.4, -0.2) is 20.9 Å². The zero-order valence-electron chi connectivity index (χ0n) is 8.03. The first-order valence-electron chi connectivity index (χ1n) is 4.62. The van der Waals surface area contributed by atoms with Crippen LogP contribution in [-0.2, 0) is 0 Å². The summed E-state index contributed by atoms with van der Waals surface area (Å²) in [6.07, 6.45) is 1.98. The van der Waals surface area contributed by atoms with Crippen molar-refractivity contribution in [2.75, 3.05) is 0 Å². The molecule has 0 aliphatic carbocycles. The summed E-state index contributed by atoms with van der Waals surface area (Å²) in [5.41, 5.74) is 0.